The predicted octanol–water partition coefficient (Wildman–Crippen LogP) is 1.82. The van der Waals surface area contributed by atoms with Crippen molar-refractivity contribution in [2.75, 3.05) is 13.1 Å². The summed E-state index contributed by atoms with van der Waals surface area (Å²) < 4.78 is 0. The fourth-order valence-electron chi connectivity index (χ4n) is 1.26. The van der Waals surface area contributed by atoms with E-state index >= 15 is 0 Å². The van der Waals surface area contributed by atoms with Crippen molar-refractivity contribution in [2.45, 2.75) is 53.0 Å². The Morgan fingerprint density at radius 1 is 1.18 bits per heavy atom. The van der Waals surface area contributed by atoms with E-state index in [0.717, 1.165) is 13.0 Å². The van der Waals surface area contributed by atoms with Gasteiger partial charge in [-0.05, 0) is 47.6 Å². The molecule has 0 fully saturated rings. The van der Waals surface area contributed by atoms with Gasteiger partial charge in [0.25, 0.3) is 0 Å². The summed E-state index contributed by atoms with van der Waals surface area (Å²) in [6.07, 6.45) is 1.27. The third kappa shape index (κ3) is 9.83. The van der Waals surface area contributed by atoms with Crippen LogP contribution in [0.4, 0.5) is 0 Å². The first-order valence-electron chi connectivity index (χ1n) is 6.09. The topological polar surface area (TPSA) is 64.9 Å². The Balaban J connectivity index is 3.60. The molecule has 4 nitrogen and oxygen atoms in total. The number of nitrogens with one attached hydrogen (secondary N) is 2. The SMILES string of the molecule is CC(C)(C#N)CCNCCC(=O)NC(C)(C)C. The van der Waals surface area contributed by atoms with E-state index in [1.165, 1.54) is 0 Å². The summed E-state index contributed by atoms with van der Waals surface area (Å²) in [4.78, 5) is 11.5. The Hall–Kier alpha value is -1.08. The summed E-state index contributed by atoms with van der Waals surface area (Å²) in [6, 6.07) is 2.25. The second kappa shape index (κ2) is 6.61. The number of nitrogens with zero attached hydrogens (tertiary/aromatic N) is 1. The van der Waals surface area contributed by atoms with E-state index in [0.29, 0.717) is 13.0 Å². The van der Waals surface area contributed by atoms with Crippen LogP contribution in [0.3, 0.4) is 0 Å². The summed E-state index contributed by atoms with van der Waals surface area (Å²) in [5, 5.41) is 14.9. The van der Waals surface area contributed by atoms with Crippen molar-refractivity contribution < 1.29 is 4.79 Å². The molecule has 0 aromatic rings. The molecule has 0 aliphatic carbocycles. The lowest BCUT2D eigenvalue weighted by molar-refractivity contribution is -0.122. The molecule has 98 valence electrons. The van der Waals surface area contributed by atoms with Gasteiger partial charge in [0, 0.05) is 18.5 Å². The molecule has 0 bridgehead atoms. The van der Waals surface area contributed by atoms with E-state index in [2.05, 4.69) is 16.7 Å². The highest BCUT2D eigenvalue weighted by Crippen LogP contribution is 2.16. The van der Waals surface area contributed by atoms with Crippen molar-refractivity contribution in [3.63, 3.8) is 0 Å². The van der Waals surface area contributed by atoms with Gasteiger partial charge in [0.1, 0.15) is 0 Å². The van der Waals surface area contributed by atoms with Gasteiger partial charge in [-0.2, -0.15) is 5.26 Å². The van der Waals surface area contributed by atoms with Crippen LogP contribution in [0.1, 0.15) is 47.5 Å². The minimum absolute atomic E-state index is 0.0598. The lowest BCUT2D eigenvalue weighted by atomic mass is 9.91. The van der Waals surface area contributed by atoms with Crippen LogP contribution in [0.15, 0.2) is 0 Å². The van der Waals surface area contributed by atoms with Gasteiger partial charge in [0.2, 0.25) is 5.91 Å². The second-order valence-corrected chi connectivity index (χ2v) is 6.04. The van der Waals surface area contributed by atoms with Crippen LogP contribution >= 0.6 is 0 Å². The van der Waals surface area contributed by atoms with Gasteiger partial charge >= 0.3 is 0 Å². The average Bonchev–Trinajstić information content (AvgIpc) is 2.14. The maximum atomic E-state index is 11.5. The molecule has 0 radical (unpaired) electrons. The van der Waals surface area contributed by atoms with Crippen molar-refractivity contribution in [2.24, 2.45) is 5.41 Å². The van der Waals surface area contributed by atoms with Crippen molar-refractivity contribution >= 4 is 5.91 Å². The molecule has 0 aromatic heterocycles. The number of hydrogen-bond acceptors (Lipinski definition) is 3. The molecule has 0 spiro atoms. The molecule has 1 amide bonds. The predicted molar refractivity (Wildman–Crippen MR) is 69.4 cm³/mol. The second-order valence-electron chi connectivity index (χ2n) is 6.04. The first kappa shape index (κ1) is 15.9. The Bertz CT molecular complexity index is 284. The summed E-state index contributed by atoms with van der Waals surface area (Å²) >= 11 is 0. The molecule has 0 rings (SSSR count). The van der Waals surface area contributed by atoms with Crippen molar-refractivity contribution in [1.29, 1.82) is 5.26 Å². The van der Waals surface area contributed by atoms with Crippen molar-refractivity contribution in [3.05, 3.63) is 0 Å². The molecular weight excluding hydrogens is 214 g/mol. The molecule has 0 aromatic carbocycles. The van der Waals surface area contributed by atoms with Gasteiger partial charge in [0.05, 0.1) is 11.5 Å². The number of hydrogen-bond donors (Lipinski definition) is 2. The molecule has 4 heteroatoms. The van der Waals surface area contributed by atoms with Gasteiger partial charge < -0.3 is 10.6 Å². The van der Waals surface area contributed by atoms with Gasteiger partial charge in [0.15, 0.2) is 0 Å². The smallest absolute Gasteiger partial charge is 0.221 e. The summed E-state index contributed by atoms with van der Waals surface area (Å²) in [6.45, 7) is 11.2. The van der Waals surface area contributed by atoms with Crippen LogP contribution in [-0.2, 0) is 4.79 Å². The third-order valence-electron chi connectivity index (χ3n) is 2.27. The summed E-state index contributed by atoms with van der Waals surface area (Å²) in [5.41, 5.74) is -0.458. The van der Waals surface area contributed by atoms with E-state index in [-0.39, 0.29) is 16.9 Å². The van der Waals surface area contributed by atoms with Crippen LogP contribution in [-0.4, -0.2) is 24.5 Å². The normalized spacial score (nSPS) is 12.0. The van der Waals surface area contributed by atoms with Gasteiger partial charge in [-0.15, -0.1) is 0 Å². The minimum Gasteiger partial charge on any atom is -0.351 e. The highest BCUT2D eigenvalue weighted by Gasteiger charge is 2.16. The molecular formula is C13H25N3O. The Labute approximate surface area is 105 Å². The Kier molecular flexibility index (Phi) is 6.19. The zero-order valence-corrected chi connectivity index (χ0v) is 11.7. The number of rotatable bonds is 6. The molecule has 17 heavy (non-hydrogen) atoms. The monoisotopic (exact) mass is 239 g/mol. The van der Waals surface area contributed by atoms with E-state index in [1.54, 1.807) is 0 Å². The molecule has 0 saturated heterocycles. The lowest BCUT2D eigenvalue weighted by Gasteiger charge is -2.20. The van der Waals surface area contributed by atoms with Crippen LogP contribution in [0.2, 0.25) is 0 Å². The Morgan fingerprint density at radius 3 is 2.24 bits per heavy atom. The number of carbonyl (C=O) groups excluding carboxylic acids is 1. The molecule has 0 heterocycles. The fraction of sp³-hybridized carbons (Fsp3) is 0.846. The highest BCUT2D eigenvalue weighted by molar-refractivity contribution is 5.76. The van der Waals surface area contributed by atoms with Crippen LogP contribution in [0.5, 0.6) is 0 Å². The van der Waals surface area contributed by atoms with Gasteiger partial charge in [-0.1, -0.05) is 0 Å². The van der Waals surface area contributed by atoms with Gasteiger partial charge in [-0.25, -0.2) is 0 Å². The molecule has 0 saturated carbocycles. The van der Waals surface area contributed by atoms with Crippen LogP contribution < -0.4 is 10.6 Å². The van der Waals surface area contributed by atoms with E-state index < -0.39 is 0 Å². The standard InChI is InChI=1S/C13H25N3O/c1-12(2,3)16-11(17)6-8-15-9-7-13(4,5)10-14/h15H,6-9H2,1-5H3,(H,16,17). The van der Waals surface area contributed by atoms with Crippen LogP contribution in [0.25, 0.3) is 0 Å². The van der Waals surface area contributed by atoms with E-state index in [9.17, 15) is 4.79 Å². The minimum atomic E-state index is -0.291. The number of amides is 1. The summed E-state index contributed by atoms with van der Waals surface area (Å²) in [5.74, 6) is 0.0598. The molecule has 0 aliphatic rings. The maximum absolute atomic E-state index is 11.5. The highest BCUT2D eigenvalue weighted by atomic mass is 16.1. The number of carbonyl (C=O) groups is 1. The van der Waals surface area contributed by atoms with E-state index in [1.807, 2.05) is 34.6 Å². The van der Waals surface area contributed by atoms with Crippen LogP contribution in [0, 0.1) is 16.7 Å². The zero-order valence-electron chi connectivity index (χ0n) is 11.7. The maximum Gasteiger partial charge on any atom is 0.221 e. The third-order valence-corrected chi connectivity index (χ3v) is 2.27. The Morgan fingerprint density at radius 2 is 1.76 bits per heavy atom. The largest absolute Gasteiger partial charge is 0.351 e. The molecule has 2 N–H and O–H groups in total. The first-order chi connectivity index (χ1) is 7.66. The fourth-order valence-corrected chi connectivity index (χ4v) is 1.26. The van der Waals surface area contributed by atoms with Crippen molar-refractivity contribution in [3.8, 4) is 6.07 Å². The van der Waals surface area contributed by atoms with Gasteiger partial charge in [-0.3, -0.25) is 4.79 Å². The van der Waals surface area contributed by atoms with E-state index in [4.69, 9.17) is 5.26 Å². The average molecular weight is 239 g/mol. The zero-order chi connectivity index (χ0) is 13.5. The number of nitriles is 1. The lowest BCUT2D eigenvalue weighted by Crippen LogP contribution is -2.41. The quantitative estimate of drug-likeness (QED) is 0.695. The molecule has 0 aliphatic heterocycles. The molecule has 0 unspecified atom stereocenters. The van der Waals surface area contributed by atoms with Crippen molar-refractivity contribution in [1.82, 2.24) is 10.6 Å². The summed E-state index contributed by atoms with van der Waals surface area (Å²) in [7, 11) is 0. The molecule has 0 atom stereocenters. The first-order valence-corrected chi connectivity index (χ1v) is 6.09.